The maximum absolute atomic E-state index is 13.9. The lowest BCUT2D eigenvalue weighted by Gasteiger charge is -2.55. The highest BCUT2D eigenvalue weighted by Gasteiger charge is 2.56. The summed E-state index contributed by atoms with van der Waals surface area (Å²) in [6, 6.07) is 28.8. The van der Waals surface area contributed by atoms with Crippen LogP contribution in [0.25, 0.3) is 0 Å². The molecule has 3 aromatic carbocycles. The molecule has 0 aromatic heterocycles. The Labute approximate surface area is 230 Å². The van der Waals surface area contributed by atoms with Crippen LogP contribution in [0.2, 0.25) is 0 Å². The molecule has 204 valence electrons. The fourth-order valence-corrected chi connectivity index (χ4v) is 5.64. The predicted molar refractivity (Wildman–Crippen MR) is 149 cm³/mol. The van der Waals surface area contributed by atoms with E-state index in [9.17, 15) is 9.59 Å². The molecule has 0 unspecified atom stereocenters. The lowest BCUT2D eigenvalue weighted by Crippen LogP contribution is -2.77. The Hall–Kier alpha value is -3.68. The second-order valence-corrected chi connectivity index (χ2v) is 10.5. The number of ether oxygens (including phenoxy) is 2. The summed E-state index contributed by atoms with van der Waals surface area (Å²) in [5.74, 6) is -0.0866. The fourth-order valence-electron chi connectivity index (χ4n) is 5.64. The van der Waals surface area contributed by atoms with Crippen molar-refractivity contribution in [3.63, 3.8) is 0 Å². The van der Waals surface area contributed by atoms with Crippen LogP contribution in [-0.2, 0) is 34.0 Å². The minimum atomic E-state index is -0.677. The van der Waals surface area contributed by atoms with Crippen molar-refractivity contribution in [3.05, 3.63) is 108 Å². The van der Waals surface area contributed by atoms with Gasteiger partial charge in [-0.2, -0.15) is 0 Å². The van der Waals surface area contributed by atoms with Gasteiger partial charge in [0.25, 0.3) is 5.91 Å². The number of β-lactam (4-membered cyclic amide) rings is 1. The highest BCUT2D eigenvalue weighted by atomic mass is 16.6. The van der Waals surface area contributed by atoms with Crippen molar-refractivity contribution in [2.45, 2.75) is 70.6 Å². The molecule has 2 heterocycles. The van der Waals surface area contributed by atoms with Crippen LogP contribution in [-0.4, -0.2) is 57.7 Å². The summed E-state index contributed by atoms with van der Waals surface area (Å²) in [5.41, 5.74) is 2.90. The molecule has 0 spiro atoms. The Morgan fingerprint density at radius 2 is 1.31 bits per heavy atom. The van der Waals surface area contributed by atoms with Crippen LogP contribution in [0.15, 0.2) is 91.0 Å². The molecule has 4 atom stereocenters. The van der Waals surface area contributed by atoms with E-state index in [2.05, 4.69) is 18.9 Å². The van der Waals surface area contributed by atoms with Gasteiger partial charge in [0.2, 0.25) is 0 Å². The van der Waals surface area contributed by atoms with Crippen LogP contribution in [0.5, 0.6) is 0 Å². The van der Waals surface area contributed by atoms with Gasteiger partial charge in [-0.15, -0.1) is 0 Å². The van der Waals surface area contributed by atoms with Gasteiger partial charge in [0.15, 0.2) is 0 Å². The second kappa shape index (κ2) is 12.5. The molecule has 0 N–H and O–H groups in total. The zero-order valence-corrected chi connectivity index (χ0v) is 22.7. The summed E-state index contributed by atoms with van der Waals surface area (Å²) in [6.45, 7) is 5.49. The zero-order valence-electron chi connectivity index (χ0n) is 22.7. The number of nitrogens with zero attached hydrogens (tertiary/aromatic N) is 3. The van der Waals surface area contributed by atoms with E-state index in [1.807, 2.05) is 96.0 Å². The third kappa shape index (κ3) is 6.15. The van der Waals surface area contributed by atoms with Gasteiger partial charge in [0, 0.05) is 18.6 Å². The maximum Gasteiger partial charge on any atom is 0.411 e. The third-order valence-corrected chi connectivity index (χ3v) is 7.68. The topological polar surface area (TPSA) is 62.3 Å². The lowest BCUT2D eigenvalue weighted by molar-refractivity contribution is -0.208. The van der Waals surface area contributed by atoms with E-state index in [0.29, 0.717) is 13.2 Å². The van der Waals surface area contributed by atoms with Crippen molar-refractivity contribution in [3.8, 4) is 0 Å². The number of carbonyl (C=O) groups excluding carboxylic acids is 2. The Kier molecular flexibility index (Phi) is 8.59. The molecule has 2 saturated heterocycles. The van der Waals surface area contributed by atoms with Crippen LogP contribution in [0.3, 0.4) is 0 Å². The van der Waals surface area contributed by atoms with Gasteiger partial charge in [-0.05, 0) is 43.4 Å². The van der Waals surface area contributed by atoms with Crippen molar-refractivity contribution < 1.29 is 19.1 Å². The van der Waals surface area contributed by atoms with Crippen LogP contribution in [0, 0.1) is 0 Å². The van der Waals surface area contributed by atoms with Gasteiger partial charge >= 0.3 is 6.09 Å². The van der Waals surface area contributed by atoms with E-state index in [0.717, 1.165) is 29.5 Å². The number of hydrazine groups is 1. The van der Waals surface area contributed by atoms with Crippen LogP contribution >= 0.6 is 0 Å². The molecule has 0 radical (unpaired) electrons. The first-order chi connectivity index (χ1) is 19.0. The van der Waals surface area contributed by atoms with Crippen molar-refractivity contribution in [2.24, 2.45) is 0 Å². The third-order valence-electron chi connectivity index (χ3n) is 7.68. The van der Waals surface area contributed by atoms with Crippen molar-refractivity contribution in [2.75, 3.05) is 6.61 Å². The standard InChI is InChI=1S/C32H37N3O4/c1-24-18-19-25(2)34(24)35-29(23-38-21-27-14-8-4-9-15-27)30(31(35)36)33(20-26-12-6-3-7-13-26)32(37)39-22-28-16-10-5-11-17-28/h3-17,24-25,29-30H,18-23H2,1-2H3/t24-,25-,29-,30-/m1/s1. The molecule has 2 aliphatic heterocycles. The molecular weight excluding hydrogens is 490 g/mol. The Bertz CT molecular complexity index is 1210. The first kappa shape index (κ1) is 26.9. The lowest BCUT2D eigenvalue weighted by atomic mass is 9.95. The molecule has 5 rings (SSSR count). The molecule has 2 amide bonds. The summed E-state index contributed by atoms with van der Waals surface area (Å²) >= 11 is 0. The van der Waals surface area contributed by atoms with Gasteiger partial charge in [0.1, 0.15) is 18.7 Å². The molecule has 2 fully saturated rings. The van der Waals surface area contributed by atoms with E-state index < -0.39 is 12.1 Å². The van der Waals surface area contributed by atoms with E-state index in [1.54, 1.807) is 4.90 Å². The van der Waals surface area contributed by atoms with E-state index in [4.69, 9.17) is 9.47 Å². The minimum absolute atomic E-state index is 0.0866. The van der Waals surface area contributed by atoms with Crippen LogP contribution in [0.1, 0.15) is 43.4 Å². The first-order valence-electron chi connectivity index (χ1n) is 13.8. The SMILES string of the molecule is C[C@@H]1CC[C@@H](C)N1N1C(=O)[C@H](N(Cc2ccccc2)C(=O)OCc2ccccc2)[C@H]1COCc1ccccc1. The summed E-state index contributed by atoms with van der Waals surface area (Å²) < 4.78 is 11.9. The summed E-state index contributed by atoms with van der Waals surface area (Å²) in [6.07, 6.45) is 1.55. The van der Waals surface area contributed by atoms with E-state index >= 15 is 0 Å². The van der Waals surface area contributed by atoms with Gasteiger partial charge in [-0.25, -0.2) is 9.80 Å². The number of carbonyl (C=O) groups is 2. The van der Waals surface area contributed by atoms with Crippen molar-refractivity contribution >= 4 is 12.0 Å². The summed E-state index contributed by atoms with van der Waals surface area (Å²) in [4.78, 5) is 29.0. The molecule has 0 bridgehead atoms. The van der Waals surface area contributed by atoms with Crippen molar-refractivity contribution in [1.82, 2.24) is 14.9 Å². The molecule has 0 aliphatic carbocycles. The Morgan fingerprint density at radius 3 is 1.87 bits per heavy atom. The first-order valence-corrected chi connectivity index (χ1v) is 13.8. The largest absolute Gasteiger partial charge is 0.445 e. The average molecular weight is 528 g/mol. The van der Waals surface area contributed by atoms with Gasteiger partial charge < -0.3 is 9.47 Å². The average Bonchev–Trinajstić information content (AvgIpc) is 3.29. The van der Waals surface area contributed by atoms with Gasteiger partial charge in [0.05, 0.1) is 13.2 Å². The Balaban J connectivity index is 1.38. The number of rotatable bonds is 10. The molecule has 3 aromatic rings. The highest BCUT2D eigenvalue weighted by Crippen LogP contribution is 2.36. The molecule has 7 nitrogen and oxygen atoms in total. The smallest absolute Gasteiger partial charge is 0.411 e. The van der Waals surface area contributed by atoms with Crippen molar-refractivity contribution in [1.29, 1.82) is 0 Å². The molecule has 7 heteroatoms. The highest BCUT2D eigenvalue weighted by molar-refractivity contribution is 5.92. The normalized spacial score (nSPS) is 22.9. The van der Waals surface area contributed by atoms with E-state index in [1.165, 1.54) is 0 Å². The van der Waals surface area contributed by atoms with Crippen LogP contribution < -0.4 is 0 Å². The number of hydrogen-bond acceptors (Lipinski definition) is 5. The number of hydrogen-bond donors (Lipinski definition) is 0. The van der Waals surface area contributed by atoms with Gasteiger partial charge in [-0.3, -0.25) is 14.7 Å². The molecular formula is C32H37N3O4. The maximum atomic E-state index is 13.9. The molecule has 39 heavy (non-hydrogen) atoms. The second-order valence-electron chi connectivity index (χ2n) is 10.5. The zero-order chi connectivity index (χ0) is 27.2. The quantitative estimate of drug-likeness (QED) is 0.330. The monoisotopic (exact) mass is 527 g/mol. The summed E-state index contributed by atoms with van der Waals surface area (Å²) in [5, 5.41) is 4.03. The predicted octanol–water partition coefficient (Wildman–Crippen LogP) is 5.41. The number of benzene rings is 3. The molecule has 2 aliphatic rings. The molecule has 0 saturated carbocycles. The minimum Gasteiger partial charge on any atom is -0.445 e. The number of amides is 2. The fraction of sp³-hybridized carbons (Fsp3) is 0.375. The van der Waals surface area contributed by atoms with Crippen LogP contribution in [0.4, 0.5) is 4.79 Å². The Morgan fingerprint density at radius 1 is 0.795 bits per heavy atom. The van der Waals surface area contributed by atoms with Gasteiger partial charge in [-0.1, -0.05) is 91.0 Å². The summed E-state index contributed by atoms with van der Waals surface area (Å²) in [7, 11) is 0. The van der Waals surface area contributed by atoms with E-state index in [-0.39, 0.29) is 37.2 Å².